The summed E-state index contributed by atoms with van der Waals surface area (Å²) in [6.07, 6.45) is 2.76. The molecule has 0 spiro atoms. The van der Waals surface area contributed by atoms with Crippen LogP contribution in [0.15, 0.2) is 17.7 Å². The molecule has 30 heavy (non-hydrogen) atoms. The van der Waals surface area contributed by atoms with E-state index in [2.05, 4.69) is 10.1 Å². The number of likely N-dealkylation sites (tertiary alicyclic amines) is 2. The molecule has 2 aliphatic heterocycles. The van der Waals surface area contributed by atoms with Gasteiger partial charge in [0.2, 0.25) is 5.91 Å². The first-order valence-electron chi connectivity index (χ1n) is 10.1. The molecule has 11 nitrogen and oxygen atoms in total. The number of hydrogen-bond acceptors (Lipinski definition) is 8. The summed E-state index contributed by atoms with van der Waals surface area (Å²) >= 11 is 0. The molecule has 0 bridgehead atoms. The number of amides is 2. The fraction of sp³-hybridized carbons (Fsp3) is 0.632. The number of likely N-dealkylation sites (N-methyl/N-ethyl adjacent to an activating group) is 1. The molecule has 11 heteroatoms. The van der Waals surface area contributed by atoms with Crippen LogP contribution in [0.4, 0.5) is 0 Å². The molecule has 3 atom stereocenters. The number of carbonyl (C=O) groups excluding carboxylic acids is 2. The summed E-state index contributed by atoms with van der Waals surface area (Å²) in [5.41, 5.74) is 5.19. The maximum Gasteiger partial charge on any atom is 0.261 e. The van der Waals surface area contributed by atoms with Crippen molar-refractivity contribution in [3.05, 3.63) is 23.5 Å². The SMILES string of the molecule is CCN1C(=O)C(=C(O)CN2CCCC[C@@H]2C(N)=O)C(=N)C(Cc2ncn(C)n2)C1O. The van der Waals surface area contributed by atoms with Crippen molar-refractivity contribution >= 4 is 17.5 Å². The molecule has 1 aromatic heterocycles. The Hall–Kier alpha value is -2.79. The first-order valence-corrected chi connectivity index (χ1v) is 10.1. The molecule has 164 valence electrons. The van der Waals surface area contributed by atoms with Crippen LogP contribution in [0.3, 0.4) is 0 Å². The number of carbonyl (C=O) groups is 2. The molecule has 0 aliphatic carbocycles. The van der Waals surface area contributed by atoms with Gasteiger partial charge < -0.3 is 26.3 Å². The van der Waals surface area contributed by atoms with Gasteiger partial charge in [0, 0.05) is 20.0 Å². The fourth-order valence-corrected chi connectivity index (χ4v) is 4.20. The van der Waals surface area contributed by atoms with E-state index in [-0.39, 0.29) is 36.6 Å². The monoisotopic (exact) mass is 419 g/mol. The second-order valence-electron chi connectivity index (χ2n) is 7.77. The van der Waals surface area contributed by atoms with E-state index in [0.29, 0.717) is 18.8 Å². The Morgan fingerprint density at radius 2 is 2.13 bits per heavy atom. The second kappa shape index (κ2) is 8.92. The number of aliphatic hydroxyl groups is 2. The Bertz CT molecular complexity index is 865. The van der Waals surface area contributed by atoms with Crippen LogP contribution in [0.1, 0.15) is 32.0 Å². The van der Waals surface area contributed by atoms with Crippen LogP contribution in [0, 0.1) is 11.3 Å². The minimum atomic E-state index is -1.22. The minimum Gasteiger partial charge on any atom is -0.510 e. The van der Waals surface area contributed by atoms with Gasteiger partial charge in [-0.3, -0.25) is 19.2 Å². The number of aryl methyl sites for hydroxylation is 1. The van der Waals surface area contributed by atoms with E-state index < -0.39 is 30.0 Å². The lowest BCUT2D eigenvalue weighted by atomic mass is 9.85. The molecule has 5 N–H and O–H groups in total. The highest BCUT2D eigenvalue weighted by Gasteiger charge is 2.43. The highest BCUT2D eigenvalue weighted by atomic mass is 16.3. The van der Waals surface area contributed by atoms with Gasteiger partial charge in [-0.05, 0) is 26.3 Å². The third kappa shape index (κ3) is 4.21. The number of rotatable bonds is 6. The maximum absolute atomic E-state index is 12.9. The molecule has 2 saturated heterocycles. The van der Waals surface area contributed by atoms with Gasteiger partial charge in [-0.2, -0.15) is 5.10 Å². The van der Waals surface area contributed by atoms with Crippen molar-refractivity contribution in [1.29, 1.82) is 5.41 Å². The molecule has 0 aromatic carbocycles. The number of nitrogens with zero attached hydrogens (tertiary/aromatic N) is 5. The van der Waals surface area contributed by atoms with Crippen molar-refractivity contribution in [2.45, 2.75) is 44.9 Å². The largest absolute Gasteiger partial charge is 0.510 e. The van der Waals surface area contributed by atoms with Crippen LogP contribution in [0.25, 0.3) is 0 Å². The van der Waals surface area contributed by atoms with Crippen LogP contribution in [-0.2, 0) is 23.1 Å². The molecule has 0 saturated carbocycles. The van der Waals surface area contributed by atoms with Gasteiger partial charge in [-0.1, -0.05) is 6.42 Å². The first kappa shape index (κ1) is 21.9. The van der Waals surface area contributed by atoms with E-state index in [0.717, 1.165) is 12.8 Å². The minimum absolute atomic E-state index is 0.0563. The molecule has 2 unspecified atom stereocenters. The van der Waals surface area contributed by atoms with Gasteiger partial charge in [0.15, 0.2) is 5.82 Å². The van der Waals surface area contributed by atoms with E-state index in [1.165, 1.54) is 15.9 Å². The number of aliphatic hydroxyl groups excluding tert-OH is 2. The van der Waals surface area contributed by atoms with Gasteiger partial charge in [0.25, 0.3) is 5.91 Å². The molecule has 2 aliphatic rings. The predicted molar refractivity (Wildman–Crippen MR) is 107 cm³/mol. The first-order chi connectivity index (χ1) is 14.2. The Morgan fingerprint density at radius 3 is 2.73 bits per heavy atom. The lowest BCUT2D eigenvalue weighted by Gasteiger charge is -2.39. The summed E-state index contributed by atoms with van der Waals surface area (Å²) in [6.45, 7) is 2.44. The average molecular weight is 419 g/mol. The summed E-state index contributed by atoms with van der Waals surface area (Å²) in [7, 11) is 1.71. The van der Waals surface area contributed by atoms with E-state index in [9.17, 15) is 19.8 Å². The fourth-order valence-electron chi connectivity index (χ4n) is 4.20. The quantitative estimate of drug-likeness (QED) is 0.351. The zero-order valence-corrected chi connectivity index (χ0v) is 17.3. The van der Waals surface area contributed by atoms with Crippen LogP contribution in [0.2, 0.25) is 0 Å². The smallest absolute Gasteiger partial charge is 0.261 e. The number of aromatic nitrogens is 3. The Labute approximate surface area is 174 Å². The third-order valence-electron chi connectivity index (χ3n) is 5.77. The summed E-state index contributed by atoms with van der Waals surface area (Å²) in [4.78, 5) is 31.8. The summed E-state index contributed by atoms with van der Waals surface area (Å²) < 4.78 is 1.52. The lowest BCUT2D eigenvalue weighted by Crippen LogP contribution is -2.55. The standard InChI is InChI=1S/C19H29N7O4/c1-3-26-18(29)11(8-14-22-10-24(2)23-14)16(20)15(19(26)30)13(27)9-25-7-5-4-6-12(25)17(21)28/h10-12,18,20,27,29H,3-9H2,1-2H3,(H2,21,28)/t11?,12-,18?/m1/s1. The number of nitrogens with two attached hydrogens (primary N) is 1. The van der Waals surface area contributed by atoms with Gasteiger partial charge in [-0.25, -0.2) is 4.98 Å². The van der Waals surface area contributed by atoms with Crippen molar-refractivity contribution in [1.82, 2.24) is 24.6 Å². The number of hydrogen-bond donors (Lipinski definition) is 4. The Kier molecular flexibility index (Phi) is 6.52. The van der Waals surface area contributed by atoms with Crippen LogP contribution < -0.4 is 5.73 Å². The van der Waals surface area contributed by atoms with Gasteiger partial charge >= 0.3 is 0 Å². The Balaban J connectivity index is 1.90. The van der Waals surface area contributed by atoms with E-state index >= 15 is 0 Å². The summed E-state index contributed by atoms with van der Waals surface area (Å²) in [6, 6.07) is -0.518. The third-order valence-corrected chi connectivity index (χ3v) is 5.77. The van der Waals surface area contributed by atoms with Crippen molar-refractivity contribution in [3.8, 4) is 0 Å². The molecule has 0 radical (unpaired) electrons. The van der Waals surface area contributed by atoms with Crippen LogP contribution in [0.5, 0.6) is 0 Å². The van der Waals surface area contributed by atoms with Crippen LogP contribution >= 0.6 is 0 Å². The molecule has 2 amide bonds. The molecule has 1 aromatic rings. The maximum atomic E-state index is 12.9. The number of nitrogens with one attached hydrogen (secondary N) is 1. The van der Waals surface area contributed by atoms with Gasteiger partial charge in [0.05, 0.1) is 29.8 Å². The molecular formula is C19H29N7O4. The van der Waals surface area contributed by atoms with E-state index in [4.69, 9.17) is 11.1 Å². The molecule has 3 heterocycles. The Morgan fingerprint density at radius 1 is 1.40 bits per heavy atom. The zero-order chi connectivity index (χ0) is 22.0. The van der Waals surface area contributed by atoms with E-state index in [1.807, 2.05) is 0 Å². The van der Waals surface area contributed by atoms with Crippen molar-refractivity contribution in [2.24, 2.45) is 18.7 Å². The lowest BCUT2D eigenvalue weighted by molar-refractivity contribution is -0.140. The number of piperidine rings is 2. The zero-order valence-electron chi connectivity index (χ0n) is 17.3. The van der Waals surface area contributed by atoms with Gasteiger partial charge in [-0.15, -0.1) is 0 Å². The van der Waals surface area contributed by atoms with Crippen molar-refractivity contribution in [2.75, 3.05) is 19.6 Å². The summed E-state index contributed by atoms with van der Waals surface area (Å²) in [5, 5.41) is 34.3. The molecular weight excluding hydrogens is 390 g/mol. The average Bonchev–Trinajstić information content (AvgIpc) is 3.10. The van der Waals surface area contributed by atoms with Gasteiger partial charge in [0.1, 0.15) is 18.3 Å². The molecule has 3 rings (SSSR count). The number of primary amides is 1. The predicted octanol–water partition coefficient (Wildman–Crippen LogP) is -0.674. The van der Waals surface area contributed by atoms with Crippen molar-refractivity contribution in [3.63, 3.8) is 0 Å². The molecule has 2 fully saturated rings. The highest BCUT2D eigenvalue weighted by Crippen LogP contribution is 2.29. The van der Waals surface area contributed by atoms with Crippen molar-refractivity contribution < 1.29 is 19.8 Å². The van der Waals surface area contributed by atoms with E-state index in [1.54, 1.807) is 18.9 Å². The van der Waals surface area contributed by atoms with Crippen LogP contribution in [-0.4, -0.2) is 84.2 Å². The second-order valence-corrected chi connectivity index (χ2v) is 7.77. The summed E-state index contributed by atoms with van der Waals surface area (Å²) in [5.74, 6) is -1.72. The highest BCUT2D eigenvalue weighted by molar-refractivity contribution is 6.23. The topological polar surface area (TPSA) is 162 Å². The normalized spacial score (nSPS) is 27.4.